The zero-order chi connectivity index (χ0) is 18.7. The van der Waals surface area contributed by atoms with E-state index in [1.165, 1.54) is 4.31 Å². The van der Waals surface area contributed by atoms with Gasteiger partial charge >= 0.3 is 0 Å². The lowest BCUT2D eigenvalue weighted by atomic mass is 10.1. The van der Waals surface area contributed by atoms with Gasteiger partial charge in [0.1, 0.15) is 17.5 Å². The van der Waals surface area contributed by atoms with E-state index in [1.54, 1.807) is 48.9 Å². The summed E-state index contributed by atoms with van der Waals surface area (Å²) < 4.78 is 33.2. The maximum absolute atomic E-state index is 12.8. The summed E-state index contributed by atoms with van der Waals surface area (Å²) in [6, 6.07) is 15.9. The highest BCUT2D eigenvalue weighted by Gasteiger charge is 2.33. The highest BCUT2D eigenvalue weighted by Crippen LogP contribution is 2.30. The van der Waals surface area contributed by atoms with Crippen LogP contribution in [0, 0.1) is 0 Å². The summed E-state index contributed by atoms with van der Waals surface area (Å²) in [4.78, 5) is 8.76. The van der Waals surface area contributed by atoms with Gasteiger partial charge in [-0.15, -0.1) is 0 Å². The molecule has 4 rings (SSSR count). The van der Waals surface area contributed by atoms with Crippen molar-refractivity contribution in [3.63, 3.8) is 0 Å². The van der Waals surface area contributed by atoms with E-state index in [9.17, 15) is 8.42 Å². The predicted octanol–water partition coefficient (Wildman–Crippen LogP) is 2.99. The summed E-state index contributed by atoms with van der Waals surface area (Å²) in [5.41, 5.74) is 1.64. The third-order valence-electron chi connectivity index (χ3n) is 4.51. The van der Waals surface area contributed by atoms with Gasteiger partial charge in [-0.25, -0.2) is 8.42 Å². The lowest BCUT2D eigenvalue weighted by Gasteiger charge is -2.18. The molecule has 0 amide bonds. The minimum atomic E-state index is -3.50. The predicted molar refractivity (Wildman–Crippen MR) is 102 cm³/mol. The van der Waals surface area contributed by atoms with Crippen LogP contribution in [0.2, 0.25) is 0 Å². The molecule has 3 heterocycles. The van der Waals surface area contributed by atoms with Crippen molar-refractivity contribution in [2.75, 3.05) is 13.1 Å². The summed E-state index contributed by atoms with van der Waals surface area (Å²) in [6.07, 6.45) is 5.54. The number of hydrogen-bond acceptors (Lipinski definition) is 5. The summed E-state index contributed by atoms with van der Waals surface area (Å²) in [6.45, 7) is 0.759. The summed E-state index contributed by atoms with van der Waals surface area (Å²) in [7, 11) is -3.50. The second kappa shape index (κ2) is 7.46. The van der Waals surface area contributed by atoms with Gasteiger partial charge in [0.25, 0.3) is 0 Å². The van der Waals surface area contributed by atoms with Crippen LogP contribution >= 0.6 is 0 Å². The minimum absolute atomic E-state index is 0.215. The van der Waals surface area contributed by atoms with Crippen molar-refractivity contribution in [1.29, 1.82) is 0 Å². The molecule has 1 atom stereocenters. The quantitative estimate of drug-likeness (QED) is 0.679. The number of rotatable bonds is 5. The van der Waals surface area contributed by atoms with Crippen LogP contribution in [0.5, 0.6) is 5.75 Å². The molecule has 1 aromatic carbocycles. The van der Waals surface area contributed by atoms with Gasteiger partial charge in [-0.2, -0.15) is 4.31 Å². The Bertz CT molecular complexity index is 1010. The molecule has 138 valence electrons. The van der Waals surface area contributed by atoms with Gasteiger partial charge in [-0.3, -0.25) is 9.97 Å². The Morgan fingerprint density at radius 2 is 1.74 bits per heavy atom. The number of pyridine rings is 2. The molecule has 6 nitrogen and oxygen atoms in total. The molecule has 1 aliphatic rings. The van der Waals surface area contributed by atoms with Crippen LogP contribution in [-0.2, 0) is 10.0 Å². The van der Waals surface area contributed by atoms with Gasteiger partial charge in [-0.05, 0) is 42.8 Å². The van der Waals surface area contributed by atoms with Crippen molar-refractivity contribution in [3.8, 4) is 17.0 Å². The van der Waals surface area contributed by atoms with Crippen LogP contribution in [-0.4, -0.2) is 41.9 Å². The highest BCUT2D eigenvalue weighted by molar-refractivity contribution is 7.89. The van der Waals surface area contributed by atoms with Crippen molar-refractivity contribution in [1.82, 2.24) is 14.3 Å². The normalized spacial score (nSPS) is 17.7. The van der Waals surface area contributed by atoms with Gasteiger partial charge in [0.2, 0.25) is 10.0 Å². The number of nitrogens with zero attached hydrogens (tertiary/aromatic N) is 3. The fraction of sp³-hybridized carbons (Fsp3) is 0.200. The molecule has 1 unspecified atom stereocenters. The first-order valence-corrected chi connectivity index (χ1v) is 10.2. The largest absolute Gasteiger partial charge is 0.487 e. The van der Waals surface area contributed by atoms with E-state index in [0.29, 0.717) is 30.2 Å². The van der Waals surface area contributed by atoms with Crippen LogP contribution < -0.4 is 4.74 Å². The molecule has 7 heteroatoms. The van der Waals surface area contributed by atoms with E-state index >= 15 is 0 Å². The Kier molecular flexibility index (Phi) is 4.87. The van der Waals surface area contributed by atoms with Gasteiger partial charge in [0.05, 0.1) is 11.4 Å². The van der Waals surface area contributed by atoms with Crippen LogP contribution in [0.15, 0.2) is 78.1 Å². The average Bonchev–Trinajstić information content (AvgIpc) is 3.19. The van der Waals surface area contributed by atoms with Gasteiger partial charge < -0.3 is 4.74 Å². The molecular weight excluding hydrogens is 362 g/mol. The smallest absolute Gasteiger partial charge is 0.243 e. The molecule has 1 fully saturated rings. The average molecular weight is 381 g/mol. The van der Waals surface area contributed by atoms with Gasteiger partial charge in [0.15, 0.2) is 0 Å². The third-order valence-corrected chi connectivity index (χ3v) is 6.39. The Morgan fingerprint density at radius 3 is 2.52 bits per heavy atom. The molecule has 2 aromatic heterocycles. The molecule has 3 aromatic rings. The van der Waals surface area contributed by atoms with Crippen molar-refractivity contribution in [2.45, 2.75) is 17.4 Å². The van der Waals surface area contributed by atoms with E-state index in [-0.39, 0.29) is 6.10 Å². The van der Waals surface area contributed by atoms with E-state index < -0.39 is 10.0 Å². The fourth-order valence-corrected chi connectivity index (χ4v) is 4.65. The fourth-order valence-electron chi connectivity index (χ4n) is 3.15. The lowest BCUT2D eigenvalue weighted by molar-refractivity contribution is 0.216. The zero-order valence-corrected chi connectivity index (χ0v) is 15.4. The summed E-state index contributed by atoms with van der Waals surface area (Å²) in [5.74, 6) is 0.646. The lowest BCUT2D eigenvalue weighted by Crippen LogP contribution is -2.31. The molecule has 0 spiro atoms. The maximum atomic E-state index is 12.8. The van der Waals surface area contributed by atoms with E-state index in [2.05, 4.69) is 9.97 Å². The van der Waals surface area contributed by atoms with Gasteiger partial charge in [-0.1, -0.05) is 18.2 Å². The molecule has 0 radical (unpaired) electrons. The molecule has 27 heavy (non-hydrogen) atoms. The van der Waals surface area contributed by atoms with Crippen molar-refractivity contribution in [3.05, 3.63) is 73.2 Å². The second-order valence-electron chi connectivity index (χ2n) is 6.29. The van der Waals surface area contributed by atoms with Crippen molar-refractivity contribution >= 4 is 10.0 Å². The third kappa shape index (κ3) is 3.70. The number of sulfonamides is 1. The molecular formula is C20H19N3O3S. The molecule has 0 aliphatic carbocycles. The van der Waals surface area contributed by atoms with Crippen LogP contribution in [0.3, 0.4) is 0 Å². The first kappa shape index (κ1) is 17.6. The standard InChI is InChI=1S/C20H19N3O3S/c24-27(25,18-5-2-1-3-6-18)23-14-10-17(15-23)26-19-7-4-11-22-20(19)16-8-12-21-13-9-16/h1-9,11-13,17H,10,14-15H2. The number of ether oxygens (including phenoxy) is 1. The topological polar surface area (TPSA) is 72.4 Å². The second-order valence-corrected chi connectivity index (χ2v) is 8.23. The molecule has 1 aliphatic heterocycles. The first-order chi connectivity index (χ1) is 13.1. The SMILES string of the molecule is O=S(=O)(c1ccccc1)N1CCC(Oc2cccnc2-c2ccncc2)C1. The van der Waals surface area contributed by atoms with Gasteiger partial charge in [0, 0.05) is 30.7 Å². The number of aromatic nitrogens is 2. The zero-order valence-electron chi connectivity index (χ0n) is 14.6. The van der Waals surface area contributed by atoms with Crippen LogP contribution in [0.1, 0.15) is 6.42 Å². The Balaban J connectivity index is 1.52. The maximum Gasteiger partial charge on any atom is 0.243 e. The van der Waals surface area contributed by atoms with Crippen molar-refractivity contribution < 1.29 is 13.2 Å². The number of benzene rings is 1. The van der Waals surface area contributed by atoms with Crippen LogP contribution in [0.4, 0.5) is 0 Å². The summed E-state index contributed by atoms with van der Waals surface area (Å²) >= 11 is 0. The van der Waals surface area contributed by atoms with E-state index in [4.69, 9.17) is 4.74 Å². The minimum Gasteiger partial charge on any atom is -0.487 e. The molecule has 0 saturated carbocycles. The monoisotopic (exact) mass is 381 g/mol. The van der Waals surface area contributed by atoms with E-state index in [0.717, 1.165) is 11.3 Å². The number of hydrogen-bond donors (Lipinski definition) is 0. The Labute approximate surface area is 158 Å². The first-order valence-electron chi connectivity index (χ1n) is 8.72. The summed E-state index contributed by atoms with van der Waals surface area (Å²) in [5, 5.41) is 0. The highest BCUT2D eigenvalue weighted by atomic mass is 32.2. The Hall–Kier alpha value is -2.77. The molecule has 0 bridgehead atoms. The van der Waals surface area contributed by atoms with E-state index in [1.807, 2.05) is 24.3 Å². The molecule has 1 saturated heterocycles. The van der Waals surface area contributed by atoms with Crippen molar-refractivity contribution in [2.24, 2.45) is 0 Å². The van der Waals surface area contributed by atoms with Crippen LogP contribution in [0.25, 0.3) is 11.3 Å². The Morgan fingerprint density at radius 1 is 0.963 bits per heavy atom. The molecule has 0 N–H and O–H groups in total.